The van der Waals surface area contributed by atoms with Gasteiger partial charge in [-0.05, 0) is 36.1 Å². The van der Waals surface area contributed by atoms with E-state index in [-0.39, 0.29) is 5.82 Å². The average Bonchev–Trinajstić information content (AvgIpc) is 2.18. The van der Waals surface area contributed by atoms with Gasteiger partial charge in [0.15, 0.2) is 0 Å². The van der Waals surface area contributed by atoms with Crippen LogP contribution >= 0.6 is 11.8 Å². The molecule has 0 radical (unpaired) electrons. The Hall–Kier alpha value is -0.540. The van der Waals surface area contributed by atoms with E-state index in [1.54, 1.807) is 17.8 Å². The van der Waals surface area contributed by atoms with Crippen LogP contribution in [0.4, 0.5) is 4.39 Å². The predicted molar refractivity (Wildman–Crippen MR) is 60.2 cm³/mol. The minimum atomic E-state index is -0.154. The number of thioether (sulfide) groups is 1. The second-order valence-electron chi connectivity index (χ2n) is 2.97. The van der Waals surface area contributed by atoms with Crippen molar-refractivity contribution in [3.8, 4) is 0 Å². The van der Waals surface area contributed by atoms with E-state index in [1.807, 2.05) is 13.0 Å². The van der Waals surface area contributed by atoms with Crippen LogP contribution in [0.3, 0.4) is 0 Å². The first kappa shape index (κ1) is 11.5. The highest BCUT2D eigenvalue weighted by atomic mass is 32.2. The molecule has 0 saturated carbocycles. The summed E-state index contributed by atoms with van der Waals surface area (Å²) >= 11 is 1.75. The summed E-state index contributed by atoms with van der Waals surface area (Å²) in [5, 5.41) is 3.21. The van der Waals surface area contributed by atoms with Gasteiger partial charge in [0, 0.05) is 11.4 Å². The van der Waals surface area contributed by atoms with Crippen molar-refractivity contribution in [3.63, 3.8) is 0 Å². The van der Waals surface area contributed by atoms with E-state index in [9.17, 15) is 4.39 Å². The van der Waals surface area contributed by atoms with Crippen molar-refractivity contribution in [2.24, 2.45) is 0 Å². The lowest BCUT2D eigenvalue weighted by molar-refractivity contribution is 0.619. The fourth-order valence-corrected chi connectivity index (χ4v) is 2.03. The summed E-state index contributed by atoms with van der Waals surface area (Å²) in [5.74, 6) is 0.864. The summed E-state index contributed by atoms with van der Waals surface area (Å²) in [7, 11) is 0. The maximum absolute atomic E-state index is 13.0. The first-order valence-electron chi connectivity index (χ1n) is 4.89. The van der Waals surface area contributed by atoms with Gasteiger partial charge >= 0.3 is 0 Å². The highest BCUT2D eigenvalue weighted by Gasteiger charge is 2.03. The zero-order valence-corrected chi connectivity index (χ0v) is 9.46. The first-order chi connectivity index (χ1) is 6.77. The molecule has 14 heavy (non-hydrogen) atoms. The lowest BCUT2D eigenvalue weighted by Crippen LogP contribution is -2.12. The second-order valence-corrected chi connectivity index (χ2v) is 4.27. The van der Waals surface area contributed by atoms with Gasteiger partial charge in [0.05, 0.1) is 0 Å². The maximum atomic E-state index is 13.0. The Balaban J connectivity index is 2.79. The minimum absolute atomic E-state index is 0.154. The number of hydrogen-bond acceptors (Lipinski definition) is 2. The fraction of sp³-hybridized carbons (Fsp3) is 0.455. The van der Waals surface area contributed by atoms with Gasteiger partial charge < -0.3 is 5.32 Å². The maximum Gasteiger partial charge on any atom is 0.123 e. The van der Waals surface area contributed by atoms with Gasteiger partial charge in [0.2, 0.25) is 0 Å². The number of benzene rings is 1. The Morgan fingerprint density at radius 1 is 1.36 bits per heavy atom. The third-order valence-corrected chi connectivity index (χ3v) is 2.89. The van der Waals surface area contributed by atoms with Crippen LogP contribution in [-0.4, -0.2) is 12.3 Å². The van der Waals surface area contributed by atoms with Crippen LogP contribution in [0.2, 0.25) is 0 Å². The third-order valence-electron chi connectivity index (χ3n) is 1.89. The lowest BCUT2D eigenvalue weighted by Gasteiger charge is -2.08. The predicted octanol–water partition coefficient (Wildman–Crippen LogP) is 3.05. The Morgan fingerprint density at radius 2 is 2.14 bits per heavy atom. The van der Waals surface area contributed by atoms with E-state index in [0.717, 1.165) is 24.4 Å². The molecule has 0 aliphatic rings. The molecular weight excluding hydrogens is 197 g/mol. The standard InChI is InChI=1S/C11H16FNS/c1-3-13-8-9-7-10(12)5-6-11(9)14-4-2/h5-7,13H,3-4,8H2,1-2H3. The Kier molecular flexibility index (Phi) is 4.98. The van der Waals surface area contributed by atoms with Crippen LogP contribution in [0.25, 0.3) is 0 Å². The summed E-state index contributed by atoms with van der Waals surface area (Å²) in [6.07, 6.45) is 0. The molecule has 3 heteroatoms. The molecule has 1 aromatic carbocycles. The smallest absolute Gasteiger partial charge is 0.123 e. The summed E-state index contributed by atoms with van der Waals surface area (Å²) in [6, 6.07) is 4.99. The molecule has 1 nitrogen and oxygen atoms in total. The molecule has 0 amide bonds. The quantitative estimate of drug-likeness (QED) is 0.754. The summed E-state index contributed by atoms with van der Waals surface area (Å²) in [4.78, 5) is 1.18. The van der Waals surface area contributed by atoms with Crippen molar-refractivity contribution in [3.05, 3.63) is 29.6 Å². The molecule has 0 aliphatic carbocycles. The SMILES string of the molecule is CCNCc1cc(F)ccc1SCC. The molecule has 0 atom stereocenters. The van der Waals surface area contributed by atoms with Gasteiger partial charge in [-0.25, -0.2) is 4.39 Å². The molecule has 1 rings (SSSR count). The van der Waals surface area contributed by atoms with E-state index >= 15 is 0 Å². The van der Waals surface area contributed by atoms with Crippen molar-refractivity contribution in [1.29, 1.82) is 0 Å². The lowest BCUT2D eigenvalue weighted by atomic mass is 10.2. The van der Waals surface area contributed by atoms with Gasteiger partial charge in [-0.15, -0.1) is 11.8 Å². The zero-order chi connectivity index (χ0) is 10.4. The van der Waals surface area contributed by atoms with E-state index < -0.39 is 0 Å². The number of nitrogens with one attached hydrogen (secondary N) is 1. The van der Waals surface area contributed by atoms with Gasteiger partial charge in [0.25, 0.3) is 0 Å². The Morgan fingerprint density at radius 3 is 2.79 bits per heavy atom. The van der Waals surface area contributed by atoms with Gasteiger partial charge in [-0.1, -0.05) is 13.8 Å². The van der Waals surface area contributed by atoms with Crippen LogP contribution in [0.15, 0.2) is 23.1 Å². The monoisotopic (exact) mass is 213 g/mol. The summed E-state index contributed by atoms with van der Waals surface area (Å²) in [6.45, 7) is 5.81. The van der Waals surface area contributed by atoms with Crippen molar-refractivity contribution in [2.45, 2.75) is 25.3 Å². The molecule has 0 spiro atoms. The van der Waals surface area contributed by atoms with Crippen molar-refractivity contribution in [1.82, 2.24) is 5.32 Å². The Bertz CT molecular complexity index is 289. The van der Waals surface area contributed by atoms with Crippen LogP contribution in [0.5, 0.6) is 0 Å². The molecule has 0 unspecified atom stereocenters. The molecular formula is C11H16FNS. The van der Waals surface area contributed by atoms with Crippen LogP contribution in [0, 0.1) is 5.82 Å². The Labute approximate surface area is 89.1 Å². The number of rotatable bonds is 5. The van der Waals surface area contributed by atoms with Gasteiger partial charge in [-0.3, -0.25) is 0 Å². The molecule has 0 aliphatic heterocycles. The molecule has 1 aromatic rings. The topological polar surface area (TPSA) is 12.0 Å². The fourth-order valence-electron chi connectivity index (χ4n) is 1.24. The van der Waals surface area contributed by atoms with Crippen LogP contribution in [-0.2, 0) is 6.54 Å². The molecule has 1 N–H and O–H groups in total. The number of hydrogen-bond donors (Lipinski definition) is 1. The molecule has 78 valence electrons. The molecule has 0 saturated heterocycles. The first-order valence-corrected chi connectivity index (χ1v) is 5.88. The average molecular weight is 213 g/mol. The largest absolute Gasteiger partial charge is 0.313 e. The van der Waals surface area contributed by atoms with E-state index in [1.165, 1.54) is 11.0 Å². The van der Waals surface area contributed by atoms with Crippen LogP contribution in [0.1, 0.15) is 19.4 Å². The van der Waals surface area contributed by atoms with Crippen molar-refractivity contribution < 1.29 is 4.39 Å². The van der Waals surface area contributed by atoms with E-state index in [2.05, 4.69) is 12.2 Å². The van der Waals surface area contributed by atoms with Gasteiger partial charge in [-0.2, -0.15) is 0 Å². The normalized spacial score (nSPS) is 10.5. The van der Waals surface area contributed by atoms with Crippen LogP contribution < -0.4 is 5.32 Å². The van der Waals surface area contributed by atoms with E-state index in [0.29, 0.717) is 0 Å². The molecule has 0 bridgehead atoms. The number of halogens is 1. The summed E-state index contributed by atoms with van der Waals surface area (Å²) < 4.78 is 13.0. The van der Waals surface area contributed by atoms with Crippen molar-refractivity contribution in [2.75, 3.05) is 12.3 Å². The summed E-state index contributed by atoms with van der Waals surface area (Å²) in [5.41, 5.74) is 1.05. The van der Waals surface area contributed by atoms with E-state index in [4.69, 9.17) is 0 Å². The van der Waals surface area contributed by atoms with Crippen molar-refractivity contribution >= 4 is 11.8 Å². The molecule has 0 heterocycles. The van der Waals surface area contributed by atoms with Gasteiger partial charge in [0.1, 0.15) is 5.82 Å². The molecule has 0 fully saturated rings. The second kappa shape index (κ2) is 6.04. The highest BCUT2D eigenvalue weighted by molar-refractivity contribution is 7.99. The molecule has 0 aromatic heterocycles. The highest BCUT2D eigenvalue weighted by Crippen LogP contribution is 2.23. The minimum Gasteiger partial charge on any atom is -0.313 e. The third kappa shape index (κ3) is 3.31. The zero-order valence-electron chi connectivity index (χ0n) is 8.64.